The van der Waals surface area contributed by atoms with E-state index in [0.29, 0.717) is 17.2 Å². The van der Waals surface area contributed by atoms with Crippen molar-refractivity contribution in [2.45, 2.75) is 12.7 Å². The van der Waals surface area contributed by atoms with Crippen LogP contribution in [0.5, 0.6) is 5.75 Å². The molecule has 0 unspecified atom stereocenters. The second-order valence-corrected chi connectivity index (χ2v) is 5.95. The van der Waals surface area contributed by atoms with Crippen LogP contribution in [0.15, 0.2) is 52.9 Å². The molecule has 29 heavy (non-hydrogen) atoms. The molecule has 0 amide bonds. The lowest BCUT2D eigenvalue weighted by Gasteiger charge is -2.06. The summed E-state index contributed by atoms with van der Waals surface area (Å²) < 4.78 is 49.3. The van der Waals surface area contributed by atoms with Crippen molar-refractivity contribution in [3.05, 3.63) is 60.0 Å². The van der Waals surface area contributed by atoms with Crippen LogP contribution in [-0.2, 0) is 12.7 Å². The van der Waals surface area contributed by atoms with E-state index in [4.69, 9.17) is 9.15 Å². The molecule has 0 saturated carbocycles. The second kappa shape index (κ2) is 7.34. The Hall–Kier alpha value is -3.76. The molecule has 2 heterocycles. The lowest BCUT2D eigenvalue weighted by Crippen LogP contribution is -2.05. The number of nitrogens with zero attached hydrogens (tertiary/aromatic N) is 6. The number of ether oxygens (including phenoxy) is 1. The van der Waals surface area contributed by atoms with Crippen LogP contribution in [0.1, 0.15) is 11.5 Å². The summed E-state index contributed by atoms with van der Waals surface area (Å²) in [5.41, 5.74) is 0.128. The maximum atomic E-state index is 12.9. The van der Waals surface area contributed by atoms with Gasteiger partial charge < -0.3 is 9.15 Å². The van der Waals surface area contributed by atoms with E-state index >= 15 is 0 Å². The number of hydrogen-bond donors (Lipinski definition) is 0. The SMILES string of the molecule is COc1ccc(-c2nnc(Cn3nnc(-c4cccc(C(F)(F)F)c4)n3)o2)cc1. The van der Waals surface area contributed by atoms with Gasteiger partial charge in [-0.15, -0.1) is 20.4 Å². The van der Waals surface area contributed by atoms with Gasteiger partial charge in [0.2, 0.25) is 17.6 Å². The fourth-order valence-electron chi connectivity index (χ4n) is 2.55. The Morgan fingerprint density at radius 3 is 2.52 bits per heavy atom. The maximum absolute atomic E-state index is 12.9. The average molecular weight is 402 g/mol. The summed E-state index contributed by atoms with van der Waals surface area (Å²) in [5, 5.41) is 19.6. The lowest BCUT2D eigenvalue weighted by molar-refractivity contribution is -0.137. The highest BCUT2D eigenvalue weighted by molar-refractivity contribution is 5.55. The molecule has 4 aromatic rings. The highest BCUT2D eigenvalue weighted by Crippen LogP contribution is 2.31. The predicted molar refractivity (Wildman–Crippen MR) is 93.6 cm³/mol. The van der Waals surface area contributed by atoms with Crippen molar-refractivity contribution in [3.63, 3.8) is 0 Å². The Morgan fingerprint density at radius 1 is 1.00 bits per heavy atom. The van der Waals surface area contributed by atoms with Gasteiger partial charge in [-0.2, -0.15) is 18.0 Å². The zero-order chi connectivity index (χ0) is 20.4. The molecular weight excluding hydrogens is 389 g/mol. The molecule has 0 fully saturated rings. The van der Waals surface area contributed by atoms with Gasteiger partial charge in [-0.25, -0.2) is 0 Å². The topological polar surface area (TPSA) is 91.8 Å². The quantitative estimate of drug-likeness (QED) is 0.505. The van der Waals surface area contributed by atoms with Crippen molar-refractivity contribution < 1.29 is 22.3 Å². The Labute approximate surface area is 161 Å². The summed E-state index contributed by atoms with van der Waals surface area (Å²) in [6.07, 6.45) is -4.45. The number of methoxy groups -OCH3 is 1. The summed E-state index contributed by atoms with van der Waals surface area (Å²) in [4.78, 5) is 1.17. The molecule has 0 radical (unpaired) electrons. The molecule has 0 atom stereocenters. The normalized spacial score (nSPS) is 11.6. The standard InChI is InChI=1S/C18H13F3N6O2/c1-28-14-7-5-11(6-8-14)17-24-22-15(29-17)10-27-25-16(23-26-27)12-3-2-4-13(9-12)18(19,20)21/h2-9H,10H2,1H3. The molecule has 0 spiro atoms. The number of halogens is 3. The number of tetrazole rings is 1. The first-order chi connectivity index (χ1) is 13.9. The molecule has 0 aliphatic carbocycles. The van der Waals surface area contributed by atoms with E-state index in [9.17, 15) is 13.2 Å². The highest BCUT2D eigenvalue weighted by atomic mass is 19.4. The molecular formula is C18H13F3N6O2. The van der Waals surface area contributed by atoms with Crippen LogP contribution in [0.3, 0.4) is 0 Å². The fraction of sp³-hybridized carbons (Fsp3) is 0.167. The molecule has 2 aromatic carbocycles. The number of hydrogen-bond acceptors (Lipinski definition) is 7. The minimum absolute atomic E-state index is 0.0229. The van der Waals surface area contributed by atoms with E-state index in [1.54, 1.807) is 31.4 Å². The highest BCUT2D eigenvalue weighted by Gasteiger charge is 2.30. The number of rotatable bonds is 5. The minimum Gasteiger partial charge on any atom is -0.497 e. The second-order valence-electron chi connectivity index (χ2n) is 5.95. The van der Waals surface area contributed by atoms with Crippen molar-refractivity contribution in [2.24, 2.45) is 0 Å². The smallest absolute Gasteiger partial charge is 0.416 e. The van der Waals surface area contributed by atoms with Crippen LogP contribution < -0.4 is 4.74 Å². The van der Waals surface area contributed by atoms with E-state index in [1.807, 2.05) is 0 Å². The third-order valence-corrected chi connectivity index (χ3v) is 3.98. The van der Waals surface area contributed by atoms with Crippen molar-refractivity contribution in [2.75, 3.05) is 7.11 Å². The molecule has 0 N–H and O–H groups in total. The zero-order valence-corrected chi connectivity index (χ0v) is 15.0. The van der Waals surface area contributed by atoms with Crippen molar-refractivity contribution in [1.29, 1.82) is 0 Å². The Balaban J connectivity index is 1.51. The van der Waals surface area contributed by atoms with Gasteiger partial charge in [0.15, 0.2) is 0 Å². The average Bonchev–Trinajstić information content (AvgIpc) is 3.38. The Morgan fingerprint density at radius 2 is 1.79 bits per heavy atom. The van der Waals surface area contributed by atoms with E-state index in [0.717, 1.165) is 12.1 Å². The zero-order valence-electron chi connectivity index (χ0n) is 15.0. The predicted octanol–water partition coefficient (Wildman–Crippen LogP) is 3.47. The molecule has 148 valence electrons. The number of alkyl halides is 3. The maximum Gasteiger partial charge on any atom is 0.416 e. The molecule has 0 bridgehead atoms. The van der Waals surface area contributed by atoms with E-state index in [-0.39, 0.29) is 23.8 Å². The van der Waals surface area contributed by atoms with Gasteiger partial charge in [0.1, 0.15) is 12.3 Å². The van der Waals surface area contributed by atoms with Crippen molar-refractivity contribution in [1.82, 2.24) is 30.4 Å². The molecule has 4 rings (SSSR count). The van der Waals surface area contributed by atoms with E-state index in [1.165, 1.54) is 16.9 Å². The Kier molecular flexibility index (Phi) is 4.71. The van der Waals surface area contributed by atoms with E-state index < -0.39 is 11.7 Å². The van der Waals surface area contributed by atoms with Crippen LogP contribution >= 0.6 is 0 Å². The molecule has 8 nitrogen and oxygen atoms in total. The fourth-order valence-corrected chi connectivity index (χ4v) is 2.55. The summed E-state index contributed by atoms with van der Waals surface area (Å²) in [5.74, 6) is 1.29. The molecule has 0 aliphatic rings. The summed E-state index contributed by atoms with van der Waals surface area (Å²) >= 11 is 0. The number of aromatic nitrogens is 6. The monoisotopic (exact) mass is 402 g/mol. The third-order valence-electron chi connectivity index (χ3n) is 3.98. The third kappa shape index (κ3) is 4.08. The van der Waals surface area contributed by atoms with Gasteiger partial charge in [-0.3, -0.25) is 0 Å². The largest absolute Gasteiger partial charge is 0.497 e. The first kappa shape index (κ1) is 18.6. The molecule has 11 heteroatoms. The van der Waals surface area contributed by atoms with Crippen molar-refractivity contribution in [3.8, 4) is 28.6 Å². The molecule has 0 saturated heterocycles. The lowest BCUT2D eigenvalue weighted by atomic mass is 10.1. The van der Waals surface area contributed by atoms with Crippen LogP contribution in [0.2, 0.25) is 0 Å². The number of benzene rings is 2. The van der Waals surface area contributed by atoms with Crippen LogP contribution in [-0.4, -0.2) is 37.5 Å². The Bertz CT molecular complexity index is 1120. The van der Waals surface area contributed by atoms with E-state index in [2.05, 4.69) is 25.6 Å². The van der Waals surface area contributed by atoms with Crippen LogP contribution in [0.4, 0.5) is 13.2 Å². The van der Waals surface area contributed by atoms with Gasteiger partial charge in [0, 0.05) is 11.1 Å². The minimum atomic E-state index is -4.45. The van der Waals surface area contributed by atoms with Gasteiger partial charge in [0.05, 0.1) is 12.7 Å². The summed E-state index contributed by atoms with van der Waals surface area (Å²) in [7, 11) is 1.57. The molecule has 0 aliphatic heterocycles. The summed E-state index contributed by atoms with van der Waals surface area (Å²) in [6.45, 7) is 0.0229. The van der Waals surface area contributed by atoms with Crippen LogP contribution in [0.25, 0.3) is 22.8 Å². The van der Waals surface area contributed by atoms with Crippen molar-refractivity contribution >= 4 is 0 Å². The summed E-state index contributed by atoms with van der Waals surface area (Å²) in [6, 6.07) is 11.8. The van der Waals surface area contributed by atoms with Gasteiger partial charge in [-0.05, 0) is 41.6 Å². The first-order valence-corrected chi connectivity index (χ1v) is 8.34. The van der Waals surface area contributed by atoms with Gasteiger partial charge in [-0.1, -0.05) is 12.1 Å². The molecule has 2 aromatic heterocycles. The first-order valence-electron chi connectivity index (χ1n) is 8.34. The van der Waals surface area contributed by atoms with Gasteiger partial charge in [0.25, 0.3) is 0 Å². The van der Waals surface area contributed by atoms with Gasteiger partial charge >= 0.3 is 6.18 Å². The van der Waals surface area contributed by atoms with Crippen LogP contribution in [0, 0.1) is 0 Å².